The van der Waals surface area contributed by atoms with E-state index in [0.717, 1.165) is 47.6 Å². The topological polar surface area (TPSA) is 59.4 Å². The fourth-order valence-electron chi connectivity index (χ4n) is 4.68. The van der Waals surface area contributed by atoms with Crippen LogP contribution >= 0.6 is 0 Å². The Labute approximate surface area is 246 Å². The van der Waals surface area contributed by atoms with Crippen LogP contribution in [0.5, 0.6) is 11.6 Å². The minimum absolute atomic E-state index is 0. The Hall–Kier alpha value is -3.01. The molecule has 5 heteroatoms. The Morgan fingerprint density at radius 3 is 2.03 bits per heavy atom. The molecule has 1 heterocycles. The zero-order chi connectivity index (χ0) is 27.7. The van der Waals surface area contributed by atoms with E-state index in [2.05, 4.69) is 53.5 Å². The first-order valence-corrected chi connectivity index (χ1v) is 13.7. The fraction of sp³-hybridized carbons (Fsp3) is 0.353. The van der Waals surface area contributed by atoms with Gasteiger partial charge >= 0.3 is 0 Å². The van der Waals surface area contributed by atoms with E-state index in [-0.39, 0.29) is 43.5 Å². The van der Waals surface area contributed by atoms with Crippen molar-refractivity contribution in [3.05, 3.63) is 89.8 Å². The average Bonchev–Trinajstić information content (AvgIpc) is 2.88. The Morgan fingerprint density at radius 2 is 1.46 bits per heavy atom. The van der Waals surface area contributed by atoms with Crippen molar-refractivity contribution < 1.29 is 34.7 Å². The van der Waals surface area contributed by atoms with Crippen molar-refractivity contribution in [2.45, 2.75) is 67.2 Å². The molecule has 1 aromatic heterocycles. The Bertz CT molecular complexity index is 1380. The summed E-state index contributed by atoms with van der Waals surface area (Å²) in [5, 5.41) is 14.4. The van der Waals surface area contributed by atoms with Gasteiger partial charge in [0.25, 0.3) is 0 Å². The summed E-state index contributed by atoms with van der Waals surface area (Å²) < 4.78 is 5.89. The van der Waals surface area contributed by atoms with Crippen molar-refractivity contribution in [2.75, 3.05) is 0 Å². The van der Waals surface area contributed by atoms with Crippen molar-refractivity contribution in [3.63, 3.8) is 0 Å². The average molecular weight is 703 g/mol. The van der Waals surface area contributed by atoms with Crippen LogP contribution in [0.4, 0.5) is 0 Å². The fourth-order valence-corrected chi connectivity index (χ4v) is 4.68. The van der Waals surface area contributed by atoms with Crippen LogP contribution in [0, 0.1) is 31.7 Å². The number of allylic oxidation sites excluding steroid dienone is 2. The van der Waals surface area contributed by atoms with Gasteiger partial charge in [0.15, 0.2) is 5.78 Å². The van der Waals surface area contributed by atoms with Crippen LogP contribution < -0.4 is 4.74 Å². The first kappa shape index (κ1) is 32.2. The number of ketones is 1. The smallest absolute Gasteiger partial charge is 0.217 e. The van der Waals surface area contributed by atoms with Gasteiger partial charge in [-0.15, -0.1) is 12.1 Å². The van der Waals surface area contributed by atoms with E-state index in [9.17, 15) is 9.90 Å². The third-order valence-electron chi connectivity index (χ3n) is 6.98. The minimum atomic E-state index is 0. The molecule has 4 rings (SSSR count). The van der Waals surface area contributed by atoms with Crippen molar-refractivity contribution >= 4 is 27.3 Å². The number of aliphatic hydroxyl groups excluding tert-OH is 1. The number of aryl methyl sites for hydroxylation is 2. The maximum Gasteiger partial charge on any atom is 0.217 e. The summed E-state index contributed by atoms with van der Waals surface area (Å²) in [6.45, 7) is 12.1. The van der Waals surface area contributed by atoms with E-state index < -0.39 is 0 Å². The number of hydrogen-bond donors (Lipinski definition) is 1. The standard InChI is InChI=1S/C21H16NO.C13H24O2.Ir/c1-14-7-15(2)9-20(8-14)23-21-12-18-10-16-5-3-4-6-17(16)11-19(18)13-22-21;1-5-10(6-2)12(14)9-13(15)11(7-3)8-4;/h3-8,10-13H,1-2H3;9-11,14H,5-8H2,1-4H3;/q-1;;/b;12-9-;. The van der Waals surface area contributed by atoms with Gasteiger partial charge in [-0.1, -0.05) is 65.8 Å². The van der Waals surface area contributed by atoms with E-state index in [4.69, 9.17) is 4.74 Å². The van der Waals surface area contributed by atoms with Gasteiger partial charge in [0, 0.05) is 61.4 Å². The van der Waals surface area contributed by atoms with Crippen LogP contribution in [-0.4, -0.2) is 15.9 Å². The third kappa shape index (κ3) is 9.02. The first-order chi connectivity index (χ1) is 18.3. The molecule has 39 heavy (non-hydrogen) atoms. The molecule has 209 valence electrons. The number of fused-ring (bicyclic) bond motifs is 2. The normalized spacial score (nSPS) is 11.3. The molecule has 0 fully saturated rings. The predicted molar refractivity (Wildman–Crippen MR) is 158 cm³/mol. The van der Waals surface area contributed by atoms with Gasteiger partial charge in [-0.2, -0.15) is 17.2 Å². The quantitative estimate of drug-likeness (QED) is 0.0818. The van der Waals surface area contributed by atoms with E-state index in [1.807, 2.05) is 59.9 Å². The third-order valence-corrected chi connectivity index (χ3v) is 6.98. The Morgan fingerprint density at radius 1 is 0.872 bits per heavy atom. The van der Waals surface area contributed by atoms with Gasteiger partial charge in [-0.05, 0) is 54.0 Å². The molecule has 0 bridgehead atoms. The number of benzene rings is 3. The Balaban J connectivity index is 0.000000294. The minimum Gasteiger partial charge on any atom is -0.512 e. The van der Waals surface area contributed by atoms with Crippen molar-refractivity contribution in [1.82, 2.24) is 4.98 Å². The molecule has 4 aromatic rings. The number of aliphatic hydroxyl groups is 1. The zero-order valence-corrected chi connectivity index (χ0v) is 26.3. The van der Waals surface area contributed by atoms with Crippen LogP contribution in [-0.2, 0) is 24.9 Å². The van der Waals surface area contributed by atoms with Crippen LogP contribution in [0.3, 0.4) is 0 Å². The van der Waals surface area contributed by atoms with Crippen LogP contribution in [0.1, 0.15) is 64.5 Å². The molecule has 4 nitrogen and oxygen atoms in total. The molecule has 0 saturated carbocycles. The second-order valence-electron chi connectivity index (χ2n) is 9.87. The van der Waals surface area contributed by atoms with E-state index in [1.165, 1.54) is 16.8 Å². The molecule has 0 amide bonds. The largest absolute Gasteiger partial charge is 0.512 e. The van der Waals surface area contributed by atoms with Crippen molar-refractivity contribution in [3.8, 4) is 11.6 Å². The molecule has 0 aliphatic carbocycles. The molecule has 0 unspecified atom stereocenters. The summed E-state index contributed by atoms with van der Waals surface area (Å²) in [5.41, 5.74) is 2.22. The van der Waals surface area contributed by atoms with Crippen molar-refractivity contribution in [1.29, 1.82) is 0 Å². The molecule has 0 aliphatic rings. The summed E-state index contributed by atoms with van der Waals surface area (Å²) in [7, 11) is 0. The summed E-state index contributed by atoms with van der Waals surface area (Å²) in [5.74, 6) is 1.84. The molecule has 1 N–H and O–H groups in total. The van der Waals surface area contributed by atoms with Crippen LogP contribution in [0.15, 0.2) is 72.6 Å². The van der Waals surface area contributed by atoms with Gasteiger partial charge in [0.1, 0.15) is 0 Å². The number of pyridine rings is 1. The van der Waals surface area contributed by atoms with Gasteiger partial charge in [-0.3, -0.25) is 4.79 Å². The number of carbonyl (C=O) groups is 1. The van der Waals surface area contributed by atoms with Gasteiger partial charge in [0.05, 0.1) is 5.76 Å². The number of aromatic nitrogens is 1. The van der Waals surface area contributed by atoms with Gasteiger partial charge in [-0.25, -0.2) is 4.98 Å². The second kappa shape index (κ2) is 15.5. The number of carbonyl (C=O) groups excluding carboxylic acids is 1. The summed E-state index contributed by atoms with van der Waals surface area (Å²) >= 11 is 0. The van der Waals surface area contributed by atoms with Gasteiger partial charge in [0.2, 0.25) is 5.88 Å². The van der Waals surface area contributed by atoms with Gasteiger partial charge < -0.3 is 9.84 Å². The van der Waals surface area contributed by atoms with Crippen molar-refractivity contribution in [2.24, 2.45) is 11.8 Å². The molecule has 1 radical (unpaired) electrons. The molecular formula is C34H40IrNO3-. The van der Waals surface area contributed by atoms with E-state index >= 15 is 0 Å². The van der Waals surface area contributed by atoms with Crippen LogP contribution in [0.25, 0.3) is 21.5 Å². The molecule has 0 aliphatic heterocycles. The molecular weight excluding hydrogens is 663 g/mol. The zero-order valence-electron chi connectivity index (χ0n) is 23.9. The molecule has 0 atom stereocenters. The molecule has 3 aromatic carbocycles. The maximum atomic E-state index is 11.7. The predicted octanol–water partition coefficient (Wildman–Crippen LogP) is 9.46. The van der Waals surface area contributed by atoms with E-state index in [0.29, 0.717) is 11.6 Å². The summed E-state index contributed by atoms with van der Waals surface area (Å²) in [4.78, 5) is 16.1. The molecule has 0 saturated heterocycles. The van der Waals surface area contributed by atoms with E-state index in [1.54, 1.807) is 0 Å². The maximum absolute atomic E-state index is 11.7. The number of hydrogen-bond acceptors (Lipinski definition) is 4. The monoisotopic (exact) mass is 703 g/mol. The number of nitrogens with zero attached hydrogens (tertiary/aromatic N) is 1. The summed E-state index contributed by atoms with van der Waals surface area (Å²) in [6, 6.07) is 21.9. The Kier molecular flexibility index (Phi) is 12.8. The number of rotatable bonds is 9. The SMILES string of the molecule is CCC(CC)C(=O)/C=C(\O)C(CC)CC.Cc1[c-]c(Oc2cc3cc4ccccc4cc3cn2)cc(C)c1.[Ir]. The van der Waals surface area contributed by atoms with Crippen LogP contribution in [0.2, 0.25) is 0 Å². The number of ether oxygens (including phenoxy) is 1. The summed E-state index contributed by atoms with van der Waals surface area (Å²) in [6.07, 6.45) is 6.77. The first-order valence-electron chi connectivity index (χ1n) is 13.7. The molecule has 0 spiro atoms. The second-order valence-corrected chi connectivity index (χ2v) is 9.87.